The number of likely N-dealkylation sites (N-methyl/N-ethyl adjacent to an activating group) is 1. The van der Waals surface area contributed by atoms with E-state index in [9.17, 15) is 14.9 Å². The molecule has 7 nitrogen and oxygen atoms in total. The standard InChI is InChI=1S/C21H26N4O3S/c1-5-23(6-2)11-12-24-18(13-16-7-9-17(10-8-16)25(27)28)22-20-19(21(24)26)14(3)15(4)29-20/h7-10H,5-6,11-13H2,1-4H3. The highest BCUT2D eigenvalue weighted by Crippen LogP contribution is 2.27. The first-order valence-corrected chi connectivity index (χ1v) is 10.6. The largest absolute Gasteiger partial charge is 0.302 e. The molecule has 154 valence electrons. The summed E-state index contributed by atoms with van der Waals surface area (Å²) in [4.78, 5) is 32.8. The van der Waals surface area contributed by atoms with E-state index in [0.29, 0.717) is 24.2 Å². The van der Waals surface area contributed by atoms with Crippen molar-refractivity contribution in [2.24, 2.45) is 0 Å². The quantitative estimate of drug-likeness (QED) is 0.412. The molecule has 0 fully saturated rings. The Morgan fingerprint density at radius 2 is 1.83 bits per heavy atom. The minimum Gasteiger partial charge on any atom is -0.302 e. The van der Waals surface area contributed by atoms with E-state index < -0.39 is 4.92 Å². The van der Waals surface area contributed by atoms with Gasteiger partial charge < -0.3 is 4.90 Å². The Morgan fingerprint density at radius 1 is 1.17 bits per heavy atom. The number of hydrogen-bond acceptors (Lipinski definition) is 6. The molecule has 0 radical (unpaired) electrons. The molecule has 0 amide bonds. The minimum absolute atomic E-state index is 0.000850. The van der Waals surface area contributed by atoms with Gasteiger partial charge >= 0.3 is 0 Å². The van der Waals surface area contributed by atoms with Gasteiger partial charge in [-0.3, -0.25) is 19.5 Å². The van der Waals surface area contributed by atoms with Gasteiger partial charge in [0, 0.05) is 36.5 Å². The van der Waals surface area contributed by atoms with Crippen molar-refractivity contribution in [1.82, 2.24) is 14.5 Å². The van der Waals surface area contributed by atoms with Gasteiger partial charge in [0.2, 0.25) is 0 Å². The first-order chi connectivity index (χ1) is 13.8. The van der Waals surface area contributed by atoms with Gasteiger partial charge in [0.1, 0.15) is 10.7 Å². The monoisotopic (exact) mass is 414 g/mol. The van der Waals surface area contributed by atoms with Crippen molar-refractivity contribution in [1.29, 1.82) is 0 Å². The van der Waals surface area contributed by atoms with Crippen molar-refractivity contribution in [2.45, 2.75) is 40.7 Å². The van der Waals surface area contributed by atoms with Crippen LogP contribution in [0.2, 0.25) is 0 Å². The lowest BCUT2D eigenvalue weighted by molar-refractivity contribution is -0.384. The number of nitro benzene ring substituents is 1. The van der Waals surface area contributed by atoms with Crippen molar-refractivity contribution in [2.75, 3.05) is 19.6 Å². The van der Waals surface area contributed by atoms with Gasteiger partial charge in [0.25, 0.3) is 11.2 Å². The summed E-state index contributed by atoms with van der Waals surface area (Å²) in [5.74, 6) is 0.699. The summed E-state index contributed by atoms with van der Waals surface area (Å²) in [5, 5.41) is 11.6. The Kier molecular flexibility index (Phi) is 6.44. The van der Waals surface area contributed by atoms with Gasteiger partial charge in [0.15, 0.2) is 0 Å². The lowest BCUT2D eigenvalue weighted by Crippen LogP contribution is -2.33. The molecule has 0 aliphatic heterocycles. The number of aryl methyl sites for hydroxylation is 2. The molecule has 0 N–H and O–H groups in total. The minimum atomic E-state index is -0.411. The van der Waals surface area contributed by atoms with E-state index in [1.54, 1.807) is 28.0 Å². The maximum absolute atomic E-state index is 13.3. The average Bonchev–Trinajstić information content (AvgIpc) is 2.98. The van der Waals surface area contributed by atoms with Crippen LogP contribution < -0.4 is 5.56 Å². The van der Waals surface area contributed by atoms with Crippen LogP contribution in [0.1, 0.15) is 35.7 Å². The number of aromatic nitrogens is 2. The third kappa shape index (κ3) is 4.38. The summed E-state index contributed by atoms with van der Waals surface area (Å²) in [5.41, 5.74) is 1.95. The van der Waals surface area contributed by atoms with E-state index in [2.05, 4.69) is 18.7 Å². The van der Waals surface area contributed by atoms with E-state index in [-0.39, 0.29) is 11.2 Å². The van der Waals surface area contributed by atoms with Gasteiger partial charge in [-0.1, -0.05) is 26.0 Å². The van der Waals surface area contributed by atoms with Crippen molar-refractivity contribution in [3.63, 3.8) is 0 Å². The fraction of sp³-hybridized carbons (Fsp3) is 0.429. The highest BCUT2D eigenvalue weighted by Gasteiger charge is 2.17. The molecule has 3 aromatic rings. The molecule has 2 heterocycles. The number of fused-ring (bicyclic) bond motifs is 1. The fourth-order valence-corrected chi connectivity index (χ4v) is 4.47. The molecule has 3 rings (SSSR count). The van der Waals surface area contributed by atoms with E-state index in [4.69, 9.17) is 4.98 Å². The average molecular weight is 415 g/mol. The third-order valence-electron chi connectivity index (χ3n) is 5.41. The summed E-state index contributed by atoms with van der Waals surface area (Å²) < 4.78 is 1.78. The predicted molar refractivity (Wildman–Crippen MR) is 117 cm³/mol. The van der Waals surface area contributed by atoms with E-state index in [1.165, 1.54) is 12.1 Å². The Labute approximate surface area is 173 Å². The van der Waals surface area contributed by atoms with E-state index in [0.717, 1.165) is 40.5 Å². The molecule has 0 bridgehead atoms. The topological polar surface area (TPSA) is 81.3 Å². The van der Waals surface area contributed by atoms with Crippen molar-refractivity contribution < 1.29 is 4.92 Å². The molecule has 2 aromatic heterocycles. The Hall–Kier alpha value is -2.58. The number of nitrogens with zero attached hydrogens (tertiary/aromatic N) is 4. The van der Waals surface area contributed by atoms with Gasteiger partial charge in [-0.25, -0.2) is 4.98 Å². The van der Waals surface area contributed by atoms with Crippen LogP contribution in [0.15, 0.2) is 29.1 Å². The molecule has 0 aliphatic carbocycles. The van der Waals surface area contributed by atoms with Gasteiger partial charge in [-0.05, 0) is 38.1 Å². The number of benzene rings is 1. The fourth-order valence-electron chi connectivity index (χ4n) is 3.43. The highest BCUT2D eigenvalue weighted by molar-refractivity contribution is 7.18. The van der Waals surface area contributed by atoms with Gasteiger partial charge in [-0.2, -0.15) is 0 Å². The molecule has 1 aromatic carbocycles. The molecule has 0 saturated carbocycles. The third-order valence-corrected chi connectivity index (χ3v) is 6.51. The Morgan fingerprint density at radius 3 is 2.41 bits per heavy atom. The predicted octanol–water partition coefficient (Wildman–Crippen LogP) is 3.92. The molecule has 0 spiro atoms. The van der Waals surface area contributed by atoms with Crippen molar-refractivity contribution >= 4 is 27.2 Å². The van der Waals surface area contributed by atoms with Crippen LogP contribution in [-0.2, 0) is 13.0 Å². The smallest absolute Gasteiger partial charge is 0.269 e. The lowest BCUT2D eigenvalue weighted by Gasteiger charge is -2.20. The van der Waals surface area contributed by atoms with Crippen LogP contribution in [0, 0.1) is 24.0 Å². The van der Waals surface area contributed by atoms with Crippen LogP contribution in [0.25, 0.3) is 10.2 Å². The number of nitro groups is 1. The number of thiophene rings is 1. The van der Waals surface area contributed by atoms with E-state index >= 15 is 0 Å². The highest BCUT2D eigenvalue weighted by atomic mass is 32.1. The molecular weight excluding hydrogens is 388 g/mol. The van der Waals surface area contributed by atoms with Crippen LogP contribution >= 0.6 is 11.3 Å². The zero-order chi connectivity index (χ0) is 21.1. The molecule has 0 aliphatic rings. The van der Waals surface area contributed by atoms with Crippen LogP contribution in [-0.4, -0.2) is 39.0 Å². The SMILES string of the molecule is CCN(CC)CCn1c(Cc2ccc([N+](=O)[O-])cc2)nc2sc(C)c(C)c2c1=O. The number of rotatable bonds is 8. The normalized spacial score (nSPS) is 11.5. The van der Waals surface area contributed by atoms with Crippen LogP contribution in [0.4, 0.5) is 5.69 Å². The number of non-ortho nitro benzene ring substituents is 1. The molecule has 0 unspecified atom stereocenters. The van der Waals surface area contributed by atoms with Gasteiger partial charge in [0.05, 0.1) is 10.3 Å². The summed E-state index contributed by atoms with van der Waals surface area (Å²) in [7, 11) is 0. The zero-order valence-corrected chi connectivity index (χ0v) is 18.1. The number of hydrogen-bond donors (Lipinski definition) is 0. The molecule has 8 heteroatoms. The summed E-state index contributed by atoms with van der Waals surface area (Å²) in [6.07, 6.45) is 0.456. The Bertz CT molecular complexity index is 1080. The summed E-state index contributed by atoms with van der Waals surface area (Å²) in [6.45, 7) is 11.4. The second-order valence-corrected chi connectivity index (χ2v) is 8.28. The van der Waals surface area contributed by atoms with Crippen molar-refractivity contribution in [3.8, 4) is 0 Å². The first kappa shape index (κ1) is 21.1. The van der Waals surface area contributed by atoms with Crippen LogP contribution in [0.3, 0.4) is 0 Å². The second-order valence-electron chi connectivity index (χ2n) is 7.08. The molecule has 0 saturated heterocycles. The summed E-state index contributed by atoms with van der Waals surface area (Å²) >= 11 is 1.54. The van der Waals surface area contributed by atoms with Crippen LogP contribution in [0.5, 0.6) is 0 Å². The summed E-state index contributed by atoms with van der Waals surface area (Å²) in [6, 6.07) is 6.44. The maximum Gasteiger partial charge on any atom is 0.269 e. The first-order valence-electron chi connectivity index (χ1n) is 9.80. The van der Waals surface area contributed by atoms with Gasteiger partial charge in [-0.15, -0.1) is 11.3 Å². The maximum atomic E-state index is 13.3. The lowest BCUT2D eigenvalue weighted by atomic mass is 10.1. The second kappa shape index (κ2) is 8.84. The van der Waals surface area contributed by atoms with Crippen molar-refractivity contribution in [3.05, 3.63) is 66.6 Å². The molecular formula is C21H26N4O3S. The molecule has 0 atom stereocenters. The zero-order valence-electron chi connectivity index (χ0n) is 17.3. The molecule has 29 heavy (non-hydrogen) atoms. The Balaban J connectivity index is 2.04. The van der Waals surface area contributed by atoms with E-state index in [1.807, 2.05) is 13.8 Å².